The highest BCUT2D eigenvalue weighted by molar-refractivity contribution is 6.30. The van der Waals surface area contributed by atoms with Crippen LogP contribution in [-0.4, -0.2) is 86.4 Å². The maximum atomic E-state index is 15.2. The number of amides is 1. The van der Waals surface area contributed by atoms with Gasteiger partial charge < -0.3 is 14.4 Å². The third kappa shape index (κ3) is 4.22. The molecule has 0 aromatic carbocycles. The zero-order chi connectivity index (χ0) is 27.3. The largest absolute Gasteiger partial charge is 0.461 e. The van der Waals surface area contributed by atoms with E-state index in [1.165, 1.54) is 18.2 Å². The maximum absolute atomic E-state index is 15.2. The first-order valence-electron chi connectivity index (χ1n) is 13.9. The van der Waals surface area contributed by atoms with Crippen LogP contribution < -0.4 is 9.64 Å². The Morgan fingerprint density at radius 1 is 1.26 bits per heavy atom. The van der Waals surface area contributed by atoms with E-state index < -0.39 is 11.4 Å². The molecule has 1 unspecified atom stereocenters. The molecule has 5 aliphatic rings. The third-order valence-corrected chi connectivity index (χ3v) is 9.23. The van der Waals surface area contributed by atoms with Crippen LogP contribution in [0.1, 0.15) is 52.9 Å². The van der Waals surface area contributed by atoms with Crippen LogP contribution in [0.3, 0.4) is 0 Å². The highest BCUT2D eigenvalue weighted by Gasteiger charge is 2.62. The van der Waals surface area contributed by atoms with E-state index in [0.29, 0.717) is 36.9 Å². The van der Waals surface area contributed by atoms with Gasteiger partial charge in [-0.05, 0) is 58.8 Å². The van der Waals surface area contributed by atoms with E-state index in [-0.39, 0.29) is 40.4 Å². The lowest BCUT2D eigenvalue weighted by Crippen LogP contribution is -2.57. The van der Waals surface area contributed by atoms with Crippen LogP contribution >= 0.6 is 11.6 Å². The Labute approximate surface area is 232 Å². The molecule has 39 heavy (non-hydrogen) atoms. The monoisotopic (exact) mass is 556 g/mol. The Bertz CT molecular complexity index is 1370. The Morgan fingerprint density at radius 3 is 2.72 bits per heavy atom. The van der Waals surface area contributed by atoms with Gasteiger partial charge >= 0.3 is 12.1 Å². The lowest BCUT2D eigenvalue weighted by molar-refractivity contribution is 0.0122. The number of aromatic nitrogens is 3. The van der Waals surface area contributed by atoms with Gasteiger partial charge in [-0.2, -0.15) is 9.97 Å². The van der Waals surface area contributed by atoms with Crippen molar-refractivity contribution >= 4 is 34.4 Å². The summed E-state index contributed by atoms with van der Waals surface area (Å²) in [5.74, 6) is 0.598. The van der Waals surface area contributed by atoms with E-state index in [0.717, 1.165) is 38.1 Å². The molecule has 4 aliphatic heterocycles. The van der Waals surface area contributed by atoms with Crippen molar-refractivity contribution in [1.29, 1.82) is 0 Å². The molecule has 2 aromatic heterocycles. The van der Waals surface area contributed by atoms with E-state index in [1.807, 2.05) is 25.7 Å². The third-order valence-electron chi connectivity index (χ3n) is 8.97. The fourth-order valence-corrected chi connectivity index (χ4v) is 7.53. The van der Waals surface area contributed by atoms with Gasteiger partial charge in [0.2, 0.25) is 0 Å². The zero-order valence-corrected chi connectivity index (χ0v) is 23.4. The van der Waals surface area contributed by atoms with Crippen LogP contribution in [-0.2, 0) is 4.74 Å². The quantitative estimate of drug-likeness (QED) is 0.400. The first-order valence-corrected chi connectivity index (χ1v) is 14.2. The predicted octanol–water partition coefficient (Wildman–Crippen LogP) is 4.58. The average molecular weight is 557 g/mol. The molecular formula is C28H34ClFN6O3. The molecule has 9 nitrogen and oxygen atoms in total. The van der Waals surface area contributed by atoms with Crippen LogP contribution in [0.5, 0.6) is 6.01 Å². The minimum absolute atomic E-state index is 0.0275. The van der Waals surface area contributed by atoms with E-state index in [2.05, 4.69) is 26.3 Å². The number of nitrogens with zero attached hydrogens (tertiary/aromatic N) is 6. The molecule has 0 spiro atoms. The van der Waals surface area contributed by atoms with Crippen LogP contribution in [0.4, 0.5) is 15.0 Å². The number of rotatable bonds is 4. The smallest absolute Gasteiger partial charge is 0.410 e. The molecule has 7 rings (SSSR count). The standard InChI is InChI=1S/C28H34ClFN6O3/c1-15-8-28(9-16-7-20(16)35(28)11-15)14-38-25-32-22-19(10-31-23(29)21(22)30)24(33-25)34-12-17-5-6-18(13-34)36(17)26(37)39-27(2,3)4/h10,16-18,20H,1,5-9,11-14H2,2-4H3/t16-,17-,18+,20-,28?/m1/s1. The average Bonchev–Trinajstić information content (AvgIpc) is 3.33. The summed E-state index contributed by atoms with van der Waals surface area (Å²) < 4.78 is 27.2. The first-order chi connectivity index (χ1) is 18.5. The summed E-state index contributed by atoms with van der Waals surface area (Å²) in [6, 6.07) is 0.702. The molecule has 208 valence electrons. The predicted molar refractivity (Wildman–Crippen MR) is 145 cm³/mol. The number of anilines is 1. The lowest BCUT2D eigenvalue weighted by atomic mass is 9.92. The van der Waals surface area contributed by atoms with Gasteiger partial charge in [0.1, 0.15) is 23.5 Å². The second-order valence-corrected chi connectivity index (χ2v) is 13.3. The SMILES string of the molecule is C=C1CN2[C@@H]3C[C@@H]3CC2(COc2nc(N3C[C@H]4CC[C@@H](C3)N4C(=O)OC(C)(C)C)c3cnc(Cl)c(F)c3n2)C1. The van der Waals surface area contributed by atoms with Gasteiger partial charge in [-0.1, -0.05) is 23.8 Å². The summed E-state index contributed by atoms with van der Waals surface area (Å²) in [5, 5.41) is 0.242. The number of piperazine rings is 1. The van der Waals surface area contributed by atoms with E-state index in [9.17, 15) is 4.79 Å². The number of hydrogen-bond acceptors (Lipinski definition) is 8. The molecule has 1 saturated carbocycles. The van der Waals surface area contributed by atoms with E-state index in [1.54, 1.807) is 0 Å². The fourth-order valence-electron chi connectivity index (χ4n) is 7.40. The normalized spacial score (nSPS) is 31.6. The zero-order valence-electron chi connectivity index (χ0n) is 22.6. The number of fused-ring (bicyclic) bond motifs is 6. The van der Waals surface area contributed by atoms with Gasteiger partial charge in [-0.15, -0.1) is 0 Å². The van der Waals surface area contributed by atoms with Crippen LogP contribution in [0.15, 0.2) is 18.3 Å². The van der Waals surface area contributed by atoms with Gasteiger partial charge in [0.25, 0.3) is 0 Å². The number of ether oxygens (including phenoxy) is 2. The molecule has 1 amide bonds. The van der Waals surface area contributed by atoms with Crippen molar-refractivity contribution in [2.45, 2.75) is 82.1 Å². The van der Waals surface area contributed by atoms with Crippen molar-refractivity contribution in [3.63, 3.8) is 0 Å². The molecule has 4 saturated heterocycles. The van der Waals surface area contributed by atoms with Gasteiger partial charge in [0.15, 0.2) is 11.0 Å². The Balaban J connectivity index is 1.18. The van der Waals surface area contributed by atoms with Gasteiger partial charge in [0, 0.05) is 31.9 Å². The van der Waals surface area contributed by atoms with Gasteiger partial charge in [-0.25, -0.2) is 14.2 Å². The summed E-state index contributed by atoms with van der Waals surface area (Å²) in [5.41, 5.74) is 0.671. The molecule has 0 radical (unpaired) electrons. The highest BCUT2D eigenvalue weighted by Crippen LogP contribution is 2.57. The summed E-state index contributed by atoms with van der Waals surface area (Å²) >= 11 is 6.06. The second-order valence-electron chi connectivity index (χ2n) is 13.0. The van der Waals surface area contributed by atoms with Gasteiger partial charge in [-0.3, -0.25) is 9.80 Å². The van der Waals surface area contributed by atoms with Crippen LogP contribution in [0, 0.1) is 11.7 Å². The molecular weight excluding hydrogens is 523 g/mol. The highest BCUT2D eigenvalue weighted by atomic mass is 35.5. The van der Waals surface area contributed by atoms with Crippen molar-refractivity contribution in [2.75, 3.05) is 31.1 Å². The Hall–Kier alpha value is -2.72. The summed E-state index contributed by atoms with van der Waals surface area (Å²) in [7, 11) is 0. The molecule has 2 aromatic rings. The van der Waals surface area contributed by atoms with E-state index in [4.69, 9.17) is 26.1 Å². The number of carbonyl (C=O) groups excluding carboxylic acids is 1. The van der Waals surface area contributed by atoms with Crippen molar-refractivity contribution in [3.05, 3.63) is 29.3 Å². The van der Waals surface area contributed by atoms with Crippen LogP contribution in [0.25, 0.3) is 10.9 Å². The number of halogens is 2. The topological polar surface area (TPSA) is 83.9 Å². The number of carbonyl (C=O) groups is 1. The molecule has 1 aliphatic carbocycles. The summed E-state index contributed by atoms with van der Waals surface area (Å²) in [6.45, 7) is 12.3. The summed E-state index contributed by atoms with van der Waals surface area (Å²) in [4.78, 5) is 32.8. The fraction of sp³-hybridized carbons (Fsp3) is 0.643. The van der Waals surface area contributed by atoms with Crippen molar-refractivity contribution in [3.8, 4) is 6.01 Å². The molecule has 2 bridgehead atoms. The maximum Gasteiger partial charge on any atom is 0.410 e. The lowest BCUT2D eigenvalue weighted by Gasteiger charge is -2.42. The molecule has 5 atom stereocenters. The molecule has 11 heteroatoms. The minimum atomic E-state index is -0.686. The second kappa shape index (κ2) is 8.64. The number of pyridine rings is 1. The first kappa shape index (κ1) is 25.3. The van der Waals surface area contributed by atoms with Crippen molar-refractivity contribution < 1.29 is 18.7 Å². The van der Waals surface area contributed by atoms with Gasteiger partial charge in [0.05, 0.1) is 23.0 Å². The van der Waals surface area contributed by atoms with Crippen LogP contribution in [0.2, 0.25) is 5.15 Å². The minimum Gasteiger partial charge on any atom is -0.461 e. The number of piperidine rings is 1. The molecule has 6 heterocycles. The Morgan fingerprint density at radius 2 is 2.00 bits per heavy atom. The number of hydrogen-bond donors (Lipinski definition) is 0. The summed E-state index contributed by atoms with van der Waals surface area (Å²) in [6.07, 6.45) is 6.21. The van der Waals surface area contributed by atoms with E-state index >= 15 is 4.39 Å². The Kier molecular flexibility index (Phi) is 5.59. The molecule has 5 fully saturated rings. The molecule has 0 N–H and O–H groups in total. The van der Waals surface area contributed by atoms with Crippen molar-refractivity contribution in [2.24, 2.45) is 5.92 Å². The van der Waals surface area contributed by atoms with Crippen molar-refractivity contribution in [1.82, 2.24) is 24.8 Å².